The molecule has 0 amide bonds. The molecular weight excluding hydrogens is 530 g/mol. The Morgan fingerprint density at radius 3 is 2.17 bits per heavy atom. The predicted octanol–water partition coefficient (Wildman–Crippen LogP) is 7.95. The second kappa shape index (κ2) is 14.6. The standard InChI is InChI=1S/C33H45N7.ClH/c1-5-20-39(21-6-2)29-18-16-28(17-19-29)36-33-37-31(30-32(38-33)40(23-35-30)24(3)4)34-22-25-12-14-27(15-13-25)26-10-8-7-9-11-26;/h7-15,23-24,28-29H,5-6,16-22H2,1-4H3,(H2,34,36,37,38);1H. The third-order valence-electron chi connectivity index (χ3n) is 8.07. The van der Waals surface area contributed by atoms with Crippen LogP contribution in [0.3, 0.4) is 0 Å². The van der Waals surface area contributed by atoms with E-state index in [1.165, 1.54) is 55.5 Å². The Kier molecular flexibility index (Phi) is 11.0. The van der Waals surface area contributed by atoms with Gasteiger partial charge in [-0.25, -0.2) is 4.98 Å². The molecule has 0 spiro atoms. The van der Waals surface area contributed by atoms with E-state index in [0.717, 1.165) is 29.8 Å². The van der Waals surface area contributed by atoms with Gasteiger partial charge in [0.05, 0.1) is 6.33 Å². The van der Waals surface area contributed by atoms with Crippen molar-refractivity contribution < 1.29 is 0 Å². The number of fused-ring (bicyclic) bond motifs is 1. The first-order valence-corrected chi connectivity index (χ1v) is 15.2. The van der Waals surface area contributed by atoms with Crippen molar-refractivity contribution in [2.45, 2.75) is 90.9 Å². The minimum Gasteiger partial charge on any atom is -0.364 e. The van der Waals surface area contributed by atoms with Crippen molar-refractivity contribution >= 4 is 35.3 Å². The second-order valence-corrected chi connectivity index (χ2v) is 11.4. The van der Waals surface area contributed by atoms with Gasteiger partial charge in [-0.2, -0.15) is 9.97 Å². The van der Waals surface area contributed by atoms with E-state index in [1.807, 2.05) is 12.4 Å². The Bertz CT molecular complexity index is 1340. The van der Waals surface area contributed by atoms with E-state index in [4.69, 9.17) is 15.0 Å². The molecule has 0 bridgehead atoms. The van der Waals surface area contributed by atoms with Crippen LogP contribution in [0, 0.1) is 0 Å². The summed E-state index contributed by atoms with van der Waals surface area (Å²) in [5.41, 5.74) is 5.34. The van der Waals surface area contributed by atoms with Crippen LogP contribution in [0.25, 0.3) is 22.3 Å². The molecule has 1 aliphatic rings. The first-order valence-electron chi connectivity index (χ1n) is 15.2. The van der Waals surface area contributed by atoms with Crippen molar-refractivity contribution in [3.63, 3.8) is 0 Å². The quantitative estimate of drug-likeness (QED) is 0.178. The van der Waals surface area contributed by atoms with E-state index in [1.54, 1.807) is 0 Å². The van der Waals surface area contributed by atoms with Crippen LogP contribution in [-0.4, -0.2) is 49.6 Å². The molecule has 41 heavy (non-hydrogen) atoms. The minimum absolute atomic E-state index is 0. The molecule has 0 radical (unpaired) electrons. The van der Waals surface area contributed by atoms with Crippen molar-refractivity contribution in [2.24, 2.45) is 0 Å². The number of aromatic nitrogens is 4. The zero-order chi connectivity index (χ0) is 27.9. The molecule has 1 fully saturated rings. The summed E-state index contributed by atoms with van der Waals surface area (Å²) in [6.07, 6.45) is 9.09. The number of nitrogens with one attached hydrogen (secondary N) is 2. The summed E-state index contributed by atoms with van der Waals surface area (Å²) in [4.78, 5) is 17.3. The number of rotatable bonds is 12. The number of nitrogens with zero attached hydrogens (tertiary/aromatic N) is 5. The molecule has 4 aromatic rings. The topological polar surface area (TPSA) is 70.9 Å². The number of hydrogen-bond acceptors (Lipinski definition) is 6. The smallest absolute Gasteiger partial charge is 0.227 e. The summed E-state index contributed by atoms with van der Waals surface area (Å²) in [5, 5.41) is 7.26. The maximum atomic E-state index is 4.95. The minimum atomic E-state index is 0. The highest BCUT2D eigenvalue weighted by molar-refractivity contribution is 5.85. The molecule has 5 rings (SSSR count). The van der Waals surface area contributed by atoms with Gasteiger partial charge in [-0.1, -0.05) is 68.4 Å². The van der Waals surface area contributed by atoms with Gasteiger partial charge in [-0.05, 0) is 82.2 Å². The Morgan fingerprint density at radius 1 is 0.878 bits per heavy atom. The molecule has 0 atom stereocenters. The van der Waals surface area contributed by atoms with Crippen LogP contribution in [0.4, 0.5) is 11.8 Å². The third kappa shape index (κ3) is 7.57. The highest BCUT2D eigenvalue weighted by Gasteiger charge is 2.26. The highest BCUT2D eigenvalue weighted by atomic mass is 35.5. The molecule has 2 heterocycles. The molecular formula is C33H46ClN7. The first-order chi connectivity index (χ1) is 19.6. The van der Waals surface area contributed by atoms with Gasteiger partial charge < -0.3 is 20.1 Å². The summed E-state index contributed by atoms with van der Waals surface area (Å²) in [5.74, 6) is 1.48. The summed E-state index contributed by atoms with van der Waals surface area (Å²) < 4.78 is 2.13. The van der Waals surface area contributed by atoms with Crippen molar-refractivity contribution in [1.82, 2.24) is 24.4 Å². The Labute approximate surface area is 251 Å². The van der Waals surface area contributed by atoms with Gasteiger partial charge in [-0.3, -0.25) is 0 Å². The van der Waals surface area contributed by atoms with Gasteiger partial charge in [0, 0.05) is 24.7 Å². The fraction of sp³-hybridized carbons (Fsp3) is 0.485. The van der Waals surface area contributed by atoms with Gasteiger partial charge in [0.1, 0.15) is 0 Å². The summed E-state index contributed by atoms with van der Waals surface area (Å²) in [6, 6.07) is 20.6. The van der Waals surface area contributed by atoms with E-state index < -0.39 is 0 Å². The lowest BCUT2D eigenvalue weighted by atomic mass is 9.90. The molecule has 2 aromatic carbocycles. The molecule has 8 heteroatoms. The maximum absolute atomic E-state index is 4.95. The van der Waals surface area contributed by atoms with Crippen LogP contribution in [0.2, 0.25) is 0 Å². The van der Waals surface area contributed by atoms with Crippen molar-refractivity contribution in [2.75, 3.05) is 23.7 Å². The van der Waals surface area contributed by atoms with Crippen molar-refractivity contribution in [3.8, 4) is 11.1 Å². The molecule has 2 N–H and O–H groups in total. The molecule has 2 aromatic heterocycles. The van der Waals surface area contributed by atoms with E-state index in [9.17, 15) is 0 Å². The summed E-state index contributed by atoms with van der Waals surface area (Å²) in [6.45, 7) is 12.0. The summed E-state index contributed by atoms with van der Waals surface area (Å²) in [7, 11) is 0. The Morgan fingerprint density at radius 2 is 1.54 bits per heavy atom. The molecule has 1 aliphatic carbocycles. The second-order valence-electron chi connectivity index (χ2n) is 11.4. The van der Waals surface area contributed by atoms with E-state index in [0.29, 0.717) is 24.6 Å². The molecule has 0 saturated heterocycles. The molecule has 1 saturated carbocycles. The lowest BCUT2D eigenvalue weighted by Crippen LogP contribution is -2.41. The third-order valence-corrected chi connectivity index (χ3v) is 8.07. The van der Waals surface area contributed by atoms with Gasteiger partial charge in [-0.15, -0.1) is 12.4 Å². The van der Waals surface area contributed by atoms with Crippen LogP contribution in [0.5, 0.6) is 0 Å². The van der Waals surface area contributed by atoms with Crippen LogP contribution < -0.4 is 10.6 Å². The fourth-order valence-electron chi connectivity index (χ4n) is 5.93. The lowest BCUT2D eigenvalue weighted by Gasteiger charge is -2.37. The summed E-state index contributed by atoms with van der Waals surface area (Å²) >= 11 is 0. The van der Waals surface area contributed by atoms with Gasteiger partial charge in [0.15, 0.2) is 17.0 Å². The van der Waals surface area contributed by atoms with Crippen LogP contribution in [-0.2, 0) is 6.54 Å². The van der Waals surface area contributed by atoms with Crippen LogP contribution in [0.15, 0.2) is 60.9 Å². The number of benzene rings is 2. The lowest BCUT2D eigenvalue weighted by molar-refractivity contribution is 0.152. The molecule has 0 aliphatic heterocycles. The zero-order valence-corrected chi connectivity index (χ0v) is 25.8. The van der Waals surface area contributed by atoms with E-state index >= 15 is 0 Å². The van der Waals surface area contributed by atoms with Gasteiger partial charge in [0.2, 0.25) is 5.95 Å². The molecule has 220 valence electrons. The number of hydrogen-bond donors (Lipinski definition) is 2. The van der Waals surface area contributed by atoms with Crippen LogP contribution >= 0.6 is 12.4 Å². The molecule has 7 nitrogen and oxygen atoms in total. The monoisotopic (exact) mass is 575 g/mol. The Hall–Kier alpha value is -3.16. The average molecular weight is 576 g/mol. The van der Waals surface area contributed by atoms with E-state index in [-0.39, 0.29) is 18.4 Å². The zero-order valence-electron chi connectivity index (χ0n) is 25.0. The van der Waals surface area contributed by atoms with Crippen molar-refractivity contribution in [1.29, 1.82) is 0 Å². The van der Waals surface area contributed by atoms with Crippen molar-refractivity contribution in [3.05, 3.63) is 66.5 Å². The first kappa shape index (κ1) is 30.8. The largest absolute Gasteiger partial charge is 0.364 e. The number of anilines is 2. The number of imidazole rings is 1. The van der Waals surface area contributed by atoms with Gasteiger partial charge in [0.25, 0.3) is 0 Å². The molecule has 0 unspecified atom stereocenters. The average Bonchev–Trinajstić information content (AvgIpc) is 3.42. The fourth-order valence-corrected chi connectivity index (χ4v) is 5.93. The van der Waals surface area contributed by atoms with Crippen LogP contribution in [0.1, 0.15) is 77.8 Å². The predicted molar refractivity (Wildman–Crippen MR) is 174 cm³/mol. The maximum Gasteiger partial charge on any atom is 0.227 e. The van der Waals surface area contributed by atoms with E-state index in [2.05, 4.69) is 96.3 Å². The van der Waals surface area contributed by atoms with Gasteiger partial charge >= 0.3 is 0 Å². The SMILES string of the molecule is CCCN(CCC)C1CCC(Nc2nc(NCc3ccc(-c4ccccc4)cc3)c3ncn(C(C)C)c3n2)CC1.Cl. The Balaban J connectivity index is 0.00000387. The number of halogens is 1. The highest BCUT2D eigenvalue weighted by Crippen LogP contribution is 2.28. The normalized spacial score (nSPS) is 17.1.